The number of fused-ring (bicyclic) bond motifs is 1. The second-order valence-corrected chi connectivity index (χ2v) is 6.54. The minimum absolute atomic E-state index is 0.109. The number of hydrogen-bond acceptors (Lipinski definition) is 3. The van der Waals surface area contributed by atoms with E-state index < -0.39 is 5.60 Å². The van der Waals surface area contributed by atoms with Crippen LogP contribution in [0.15, 0.2) is 42.9 Å². The van der Waals surface area contributed by atoms with Gasteiger partial charge in [0.2, 0.25) is 5.91 Å². The molecular formula is C17H19ClN4O2. The van der Waals surface area contributed by atoms with E-state index in [4.69, 9.17) is 11.6 Å². The number of aliphatic hydroxyl groups is 1. The van der Waals surface area contributed by atoms with Gasteiger partial charge < -0.3 is 15.0 Å². The Labute approximate surface area is 144 Å². The van der Waals surface area contributed by atoms with Crippen LogP contribution in [0.25, 0.3) is 10.9 Å². The molecule has 0 saturated heterocycles. The van der Waals surface area contributed by atoms with Crippen LogP contribution in [0.2, 0.25) is 5.02 Å². The summed E-state index contributed by atoms with van der Waals surface area (Å²) in [5.74, 6) is -0.184. The molecule has 0 fully saturated rings. The van der Waals surface area contributed by atoms with Gasteiger partial charge in [0.1, 0.15) is 12.1 Å². The van der Waals surface area contributed by atoms with E-state index in [1.54, 1.807) is 31.0 Å². The Morgan fingerprint density at radius 2 is 2.21 bits per heavy atom. The van der Waals surface area contributed by atoms with Crippen LogP contribution >= 0.6 is 11.6 Å². The third-order valence-corrected chi connectivity index (χ3v) is 4.24. The summed E-state index contributed by atoms with van der Waals surface area (Å²) in [7, 11) is 1.78. The van der Waals surface area contributed by atoms with E-state index in [1.165, 1.54) is 0 Å². The van der Waals surface area contributed by atoms with Crippen molar-refractivity contribution in [2.45, 2.75) is 19.1 Å². The Morgan fingerprint density at radius 1 is 1.42 bits per heavy atom. The van der Waals surface area contributed by atoms with Crippen LogP contribution in [0.4, 0.5) is 0 Å². The summed E-state index contributed by atoms with van der Waals surface area (Å²) >= 11 is 6.02. The zero-order chi connectivity index (χ0) is 17.3. The number of halogens is 1. The molecule has 1 unspecified atom stereocenters. The first-order valence-electron chi connectivity index (χ1n) is 7.58. The average Bonchev–Trinajstić information content (AvgIpc) is 3.13. The normalized spacial score (nSPS) is 13.8. The zero-order valence-corrected chi connectivity index (χ0v) is 14.3. The number of hydrogen-bond donors (Lipinski definition) is 2. The van der Waals surface area contributed by atoms with Gasteiger partial charge in [-0.2, -0.15) is 5.10 Å². The van der Waals surface area contributed by atoms with Crippen LogP contribution in [-0.4, -0.2) is 31.9 Å². The number of carbonyl (C=O) groups is 1. The molecule has 6 nitrogen and oxygen atoms in total. The molecule has 3 rings (SSSR count). The van der Waals surface area contributed by atoms with Gasteiger partial charge in [0.05, 0.1) is 12.7 Å². The number of aryl methyl sites for hydroxylation is 1. The molecule has 24 heavy (non-hydrogen) atoms. The summed E-state index contributed by atoms with van der Waals surface area (Å²) in [5.41, 5.74) is 0.381. The van der Waals surface area contributed by atoms with E-state index in [1.807, 2.05) is 35.0 Å². The molecule has 1 amide bonds. The number of nitrogens with one attached hydrogen (secondary N) is 1. The number of rotatable bonds is 5. The predicted octanol–water partition coefficient (Wildman–Crippen LogP) is 2.05. The highest BCUT2D eigenvalue weighted by molar-refractivity contribution is 6.31. The minimum Gasteiger partial charge on any atom is -0.383 e. The van der Waals surface area contributed by atoms with Gasteiger partial charge in [-0.15, -0.1) is 0 Å². The largest absolute Gasteiger partial charge is 0.383 e. The third kappa shape index (κ3) is 3.44. The fourth-order valence-electron chi connectivity index (χ4n) is 2.58. The van der Waals surface area contributed by atoms with Crippen molar-refractivity contribution in [1.29, 1.82) is 0 Å². The van der Waals surface area contributed by atoms with E-state index in [0.29, 0.717) is 10.6 Å². The van der Waals surface area contributed by atoms with Crippen molar-refractivity contribution in [2.24, 2.45) is 7.05 Å². The number of benzene rings is 1. The van der Waals surface area contributed by atoms with Crippen molar-refractivity contribution >= 4 is 28.4 Å². The van der Waals surface area contributed by atoms with E-state index in [9.17, 15) is 9.90 Å². The lowest BCUT2D eigenvalue weighted by Gasteiger charge is -2.22. The molecule has 2 aromatic heterocycles. The molecule has 0 bridgehead atoms. The van der Waals surface area contributed by atoms with Crippen molar-refractivity contribution in [3.05, 3.63) is 53.4 Å². The molecule has 2 heterocycles. The van der Waals surface area contributed by atoms with Crippen LogP contribution < -0.4 is 5.32 Å². The molecule has 1 atom stereocenters. The molecule has 1 aromatic carbocycles. The first kappa shape index (κ1) is 16.5. The lowest BCUT2D eigenvalue weighted by molar-refractivity contribution is -0.122. The monoisotopic (exact) mass is 346 g/mol. The standard InChI is InChI=1S/C17H19ClN4O2/c1-17(24,13-8-20-21(2)9-13)11-19-16(23)10-22-6-5-12-3-4-14(18)7-15(12)22/h3-9,24H,10-11H2,1-2H3,(H,19,23). The average molecular weight is 347 g/mol. The molecule has 0 aliphatic carbocycles. The molecule has 3 aromatic rings. The number of amides is 1. The van der Waals surface area contributed by atoms with E-state index in [-0.39, 0.29) is 19.0 Å². The van der Waals surface area contributed by atoms with Gasteiger partial charge in [0.15, 0.2) is 0 Å². The Balaban J connectivity index is 1.66. The van der Waals surface area contributed by atoms with Gasteiger partial charge in [-0.3, -0.25) is 9.48 Å². The lowest BCUT2D eigenvalue weighted by Crippen LogP contribution is -2.39. The summed E-state index contributed by atoms with van der Waals surface area (Å²) in [6, 6.07) is 7.50. The van der Waals surface area contributed by atoms with E-state index in [2.05, 4.69) is 10.4 Å². The first-order chi connectivity index (χ1) is 11.3. The van der Waals surface area contributed by atoms with Crippen molar-refractivity contribution < 1.29 is 9.90 Å². The number of aromatic nitrogens is 3. The summed E-state index contributed by atoms with van der Waals surface area (Å²) in [6.07, 6.45) is 5.17. The molecule has 0 spiro atoms. The molecule has 2 N–H and O–H groups in total. The quantitative estimate of drug-likeness (QED) is 0.742. The van der Waals surface area contributed by atoms with Crippen LogP contribution in [0, 0.1) is 0 Å². The zero-order valence-electron chi connectivity index (χ0n) is 13.5. The Morgan fingerprint density at radius 3 is 2.92 bits per heavy atom. The van der Waals surface area contributed by atoms with Gasteiger partial charge >= 0.3 is 0 Å². The fourth-order valence-corrected chi connectivity index (χ4v) is 2.74. The van der Waals surface area contributed by atoms with E-state index in [0.717, 1.165) is 10.9 Å². The molecule has 0 aliphatic heterocycles. The lowest BCUT2D eigenvalue weighted by atomic mass is 10.00. The summed E-state index contributed by atoms with van der Waals surface area (Å²) < 4.78 is 3.44. The van der Waals surface area contributed by atoms with Gasteiger partial charge in [0, 0.05) is 35.5 Å². The van der Waals surface area contributed by atoms with Gasteiger partial charge in [-0.05, 0) is 30.5 Å². The van der Waals surface area contributed by atoms with E-state index >= 15 is 0 Å². The highest BCUT2D eigenvalue weighted by atomic mass is 35.5. The van der Waals surface area contributed by atoms with Crippen LogP contribution in [0.3, 0.4) is 0 Å². The fraction of sp³-hybridized carbons (Fsp3) is 0.294. The summed E-state index contributed by atoms with van der Waals surface area (Å²) in [5, 5.41) is 18.9. The maximum atomic E-state index is 12.2. The smallest absolute Gasteiger partial charge is 0.240 e. The molecule has 0 saturated carbocycles. The second kappa shape index (κ2) is 6.30. The Bertz CT molecular complexity index is 882. The molecule has 7 heteroatoms. The van der Waals surface area contributed by atoms with Gasteiger partial charge in [-0.25, -0.2) is 0 Å². The number of carbonyl (C=O) groups excluding carboxylic acids is 1. The van der Waals surface area contributed by atoms with Crippen LogP contribution in [0.1, 0.15) is 12.5 Å². The maximum Gasteiger partial charge on any atom is 0.240 e. The van der Waals surface area contributed by atoms with Gasteiger partial charge in [0.25, 0.3) is 0 Å². The topological polar surface area (TPSA) is 72.1 Å². The van der Waals surface area contributed by atoms with Crippen LogP contribution in [-0.2, 0) is 24.0 Å². The summed E-state index contributed by atoms with van der Waals surface area (Å²) in [6.45, 7) is 1.92. The molecular weight excluding hydrogens is 328 g/mol. The molecule has 126 valence electrons. The highest BCUT2D eigenvalue weighted by Gasteiger charge is 2.25. The van der Waals surface area contributed by atoms with Crippen LogP contribution in [0.5, 0.6) is 0 Å². The van der Waals surface area contributed by atoms with Crippen molar-refractivity contribution in [3.8, 4) is 0 Å². The highest BCUT2D eigenvalue weighted by Crippen LogP contribution is 2.21. The number of nitrogens with zero attached hydrogens (tertiary/aromatic N) is 3. The molecule has 0 radical (unpaired) electrons. The van der Waals surface area contributed by atoms with Gasteiger partial charge in [-0.1, -0.05) is 17.7 Å². The van der Waals surface area contributed by atoms with Crippen molar-refractivity contribution in [2.75, 3.05) is 6.54 Å². The third-order valence-electron chi connectivity index (χ3n) is 4.01. The Hall–Kier alpha value is -2.31. The molecule has 0 aliphatic rings. The first-order valence-corrected chi connectivity index (χ1v) is 7.95. The second-order valence-electron chi connectivity index (χ2n) is 6.10. The minimum atomic E-state index is -1.17. The Kier molecular flexibility index (Phi) is 4.34. The van der Waals surface area contributed by atoms with Crippen molar-refractivity contribution in [1.82, 2.24) is 19.7 Å². The predicted molar refractivity (Wildman–Crippen MR) is 92.7 cm³/mol. The maximum absolute atomic E-state index is 12.2. The summed E-state index contributed by atoms with van der Waals surface area (Å²) in [4.78, 5) is 12.2. The SMILES string of the molecule is Cn1cc(C(C)(O)CNC(=O)Cn2ccc3ccc(Cl)cc32)cn1. The van der Waals surface area contributed by atoms with Crippen molar-refractivity contribution in [3.63, 3.8) is 0 Å².